The Morgan fingerprint density at radius 2 is 1.19 bits per heavy atom. The summed E-state index contributed by atoms with van der Waals surface area (Å²) in [6.07, 6.45) is 11.1. The summed E-state index contributed by atoms with van der Waals surface area (Å²) in [7, 11) is 0. The van der Waals surface area contributed by atoms with E-state index in [0.29, 0.717) is 17.8 Å². The van der Waals surface area contributed by atoms with Gasteiger partial charge < -0.3 is 14.7 Å². The van der Waals surface area contributed by atoms with Crippen molar-refractivity contribution in [3.63, 3.8) is 0 Å². The first-order chi connectivity index (χ1) is 16.8. The zero-order chi connectivity index (χ0) is 27.1. The molecule has 0 aromatic carbocycles. The molecule has 0 amide bonds. The summed E-state index contributed by atoms with van der Waals surface area (Å²) in [5.74, 6) is 1.16. The first kappa shape index (κ1) is 32.0. The molecule has 2 aliphatic heterocycles. The van der Waals surface area contributed by atoms with Crippen molar-refractivity contribution in [3.05, 3.63) is 0 Å². The van der Waals surface area contributed by atoms with Gasteiger partial charge in [-0.3, -0.25) is 0 Å². The third kappa shape index (κ3) is 8.64. The van der Waals surface area contributed by atoms with Crippen LogP contribution in [0, 0.1) is 17.8 Å². The number of piperidine rings is 2. The SMILES string of the molecule is CC(C)C1CC(OCCCCCCCCOC2CC(C)(C)N([O])C(C)(C(C)C)C2)CC(C(C)C)N1O. The van der Waals surface area contributed by atoms with Crippen LogP contribution in [0.2, 0.25) is 0 Å². The largest absolute Gasteiger partial charge is 0.378 e. The summed E-state index contributed by atoms with van der Waals surface area (Å²) in [6, 6.07) is 0.382. The van der Waals surface area contributed by atoms with E-state index >= 15 is 0 Å². The van der Waals surface area contributed by atoms with Crippen LogP contribution in [-0.4, -0.2) is 63.9 Å². The van der Waals surface area contributed by atoms with Crippen LogP contribution >= 0.6 is 0 Å². The Hall–Kier alpha value is -0.240. The average Bonchev–Trinajstić information content (AvgIpc) is 2.78. The smallest absolute Gasteiger partial charge is 0.0612 e. The Bertz CT molecular complexity index is 608. The first-order valence-electron chi connectivity index (χ1n) is 15.0. The van der Waals surface area contributed by atoms with E-state index in [1.165, 1.54) is 30.7 Å². The standard InChI is InChI=1S/C30H59N2O4/c1-22(2)27-18-25(19-28(23(3)4)31(27)33)35-16-14-12-10-11-13-15-17-36-26-20-29(7,8)32(34)30(9,21-26)24(5)6/h22-28,33H,10-21H2,1-9H3. The van der Waals surface area contributed by atoms with Gasteiger partial charge in [0.1, 0.15) is 0 Å². The predicted octanol–water partition coefficient (Wildman–Crippen LogP) is 7.27. The van der Waals surface area contributed by atoms with Gasteiger partial charge in [-0.2, -0.15) is 5.06 Å². The van der Waals surface area contributed by atoms with Gasteiger partial charge in [-0.15, -0.1) is 10.3 Å². The zero-order valence-corrected chi connectivity index (χ0v) is 25.1. The van der Waals surface area contributed by atoms with Crippen LogP contribution in [0.15, 0.2) is 0 Å². The molecule has 4 unspecified atom stereocenters. The minimum absolute atomic E-state index is 0.179. The molecule has 1 radical (unpaired) electrons. The van der Waals surface area contributed by atoms with E-state index in [2.05, 4.69) is 62.3 Å². The van der Waals surface area contributed by atoms with Gasteiger partial charge in [0.2, 0.25) is 0 Å². The molecule has 4 atom stereocenters. The second-order valence-electron chi connectivity index (χ2n) is 13.6. The molecule has 0 saturated carbocycles. The van der Waals surface area contributed by atoms with Crippen molar-refractivity contribution in [2.24, 2.45) is 17.8 Å². The first-order valence-corrected chi connectivity index (χ1v) is 15.0. The van der Waals surface area contributed by atoms with Crippen LogP contribution in [0.3, 0.4) is 0 Å². The summed E-state index contributed by atoms with van der Waals surface area (Å²) in [4.78, 5) is 0. The summed E-state index contributed by atoms with van der Waals surface area (Å²) in [5.41, 5.74) is -0.723. The van der Waals surface area contributed by atoms with Crippen LogP contribution in [0.25, 0.3) is 0 Å². The van der Waals surface area contributed by atoms with E-state index in [1.807, 2.05) is 0 Å². The van der Waals surface area contributed by atoms with Crippen LogP contribution in [-0.2, 0) is 14.7 Å². The normalized spacial score (nSPS) is 32.2. The molecule has 0 aromatic rings. The topological polar surface area (TPSA) is 65.1 Å². The molecular formula is C30H59N2O4. The fraction of sp³-hybridized carbons (Fsp3) is 1.00. The van der Waals surface area contributed by atoms with Crippen molar-refractivity contribution in [3.8, 4) is 0 Å². The highest BCUT2D eigenvalue weighted by Crippen LogP contribution is 2.42. The monoisotopic (exact) mass is 511 g/mol. The number of hydrogen-bond donors (Lipinski definition) is 1. The van der Waals surface area contributed by atoms with E-state index in [0.717, 1.165) is 51.7 Å². The molecule has 1 N–H and O–H groups in total. The number of nitrogens with zero attached hydrogens (tertiary/aromatic N) is 2. The second-order valence-corrected chi connectivity index (χ2v) is 13.6. The third-order valence-electron chi connectivity index (χ3n) is 9.10. The number of rotatable bonds is 14. The predicted molar refractivity (Wildman–Crippen MR) is 146 cm³/mol. The number of hydroxylamine groups is 4. The van der Waals surface area contributed by atoms with Gasteiger partial charge in [0.05, 0.1) is 17.7 Å². The second kappa shape index (κ2) is 14.2. The number of unbranched alkanes of at least 4 members (excludes halogenated alkanes) is 5. The third-order valence-corrected chi connectivity index (χ3v) is 9.10. The van der Waals surface area contributed by atoms with E-state index in [-0.39, 0.29) is 35.4 Å². The highest BCUT2D eigenvalue weighted by atomic mass is 16.5. The van der Waals surface area contributed by atoms with Gasteiger partial charge in [0.25, 0.3) is 0 Å². The molecular weight excluding hydrogens is 452 g/mol. The van der Waals surface area contributed by atoms with Crippen molar-refractivity contribution in [2.45, 2.75) is 162 Å². The van der Waals surface area contributed by atoms with Crippen LogP contribution < -0.4 is 0 Å². The molecule has 0 bridgehead atoms. The molecule has 2 aliphatic rings. The number of ether oxygens (including phenoxy) is 2. The van der Waals surface area contributed by atoms with Crippen molar-refractivity contribution >= 4 is 0 Å². The summed E-state index contributed by atoms with van der Waals surface area (Å²) < 4.78 is 12.6. The molecule has 213 valence electrons. The molecule has 2 fully saturated rings. The van der Waals surface area contributed by atoms with Crippen LogP contribution in [0.1, 0.15) is 127 Å². The molecule has 2 heterocycles. The lowest BCUT2D eigenvalue weighted by Crippen LogP contribution is -2.63. The zero-order valence-electron chi connectivity index (χ0n) is 25.1. The number of hydrogen-bond acceptors (Lipinski definition) is 5. The quantitative estimate of drug-likeness (QED) is 0.249. The Kier molecular flexibility index (Phi) is 12.6. The lowest BCUT2D eigenvalue weighted by Gasteiger charge is -2.53. The molecule has 6 heteroatoms. The van der Waals surface area contributed by atoms with E-state index in [4.69, 9.17) is 9.47 Å². The molecule has 2 saturated heterocycles. The Morgan fingerprint density at radius 3 is 1.64 bits per heavy atom. The highest BCUT2D eigenvalue weighted by molar-refractivity contribution is 5.00. The van der Waals surface area contributed by atoms with E-state index in [9.17, 15) is 10.4 Å². The van der Waals surface area contributed by atoms with Gasteiger partial charge in [0.15, 0.2) is 0 Å². The average molecular weight is 512 g/mol. The molecule has 36 heavy (non-hydrogen) atoms. The maximum Gasteiger partial charge on any atom is 0.0612 e. The van der Waals surface area contributed by atoms with Gasteiger partial charge in [-0.25, -0.2) is 0 Å². The lowest BCUT2D eigenvalue weighted by molar-refractivity contribution is -0.315. The van der Waals surface area contributed by atoms with Crippen LogP contribution in [0.4, 0.5) is 0 Å². The van der Waals surface area contributed by atoms with Gasteiger partial charge >= 0.3 is 0 Å². The summed E-state index contributed by atoms with van der Waals surface area (Å²) >= 11 is 0. The Morgan fingerprint density at radius 1 is 0.750 bits per heavy atom. The molecule has 0 aromatic heterocycles. The van der Waals surface area contributed by atoms with Gasteiger partial charge in [-0.05, 0) is 77.0 Å². The minimum atomic E-state index is -0.371. The highest BCUT2D eigenvalue weighted by Gasteiger charge is 2.50. The Balaban J connectivity index is 1.57. The van der Waals surface area contributed by atoms with E-state index in [1.54, 1.807) is 5.06 Å². The van der Waals surface area contributed by atoms with Crippen LogP contribution in [0.5, 0.6) is 0 Å². The fourth-order valence-electron chi connectivity index (χ4n) is 6.34. The summed E-state index contributed by atoms with van der Waals surface area (Å²) in [5, 5.41) is 26.5. The fourth-order valence-corrected chi connectivity index (χ4v) is 6.34. The summed E-state index contributed by atoms with van der Waals surface area (Å²) in [6.45, 7) is 20.9. The Labute approximate surface area is 223 Å². The van der Waals surface area contributed by atoms with Crippen molar-refractivity contribution in [1.82, 2.24) is 10.1 Å². The molecule has 6 nitrogen and oxygen atoms in total. The minimum Gasteiger partial charge on any atom is -0.378 e. The molecule has 2 rings (SSSR count). The van der Waals surface area contributed by atoms with Crippen molar-refractivity contribution < 1.29 is 19.9 Å². The maximum atomic E-state index is 12.9. The van der Waals surface area contributed by atoms with Crippen molar-refractivity contribution in [1.29, 1.82) is 0 Å². The molecule has 0 aliphatic carbocycles. The van der Waals surface area contributed by atoms with Crippen molar-refractivity contribution in [2.75, 3.05) is 13.2 Å². The van der Waals surface area contributed by atoms with Gasteiger partial charge in [0, 0.05) is 30.8 Å². The van der Waals surface area contributed by atoms with Gasteiger partial charge in [-0.1, -0.05) is 67.2 Å². The molecule has 0 spiro atoms. The lowest BCUT2D eigenvalue weighted by atomic mass is 9.73. The van der Waals surface area contributed by atoms with E-state index < -0.39 is 0 Å². The maximum absolute atomic E-state index is 12.9.